The normalized spacial score (nSPS) is 18.3. The summed E-state index contributed by atoms with van der Waals surface area (Å²) in [6.07, 6.45) is 5.10. The summed E-state index contributed by atoms with van der Waals surface area (Å²) in [5.74, 6) is 1.02. The number of hydrogen-bond acceptors (Lipinski definition) is 5. The van der Waals surface area contributed by atoms with E-state index in [9.17, 15) is 13.2 Å². The van der Waals surface area contributed by atoms with Crippen LogP contribution in [0.2, 0.25) is 0 Å². The Balaban J connectivity index is 1.23. The van der Waals surface area contributed by atoms with E-state index in [2.05, 4.69) is 17.0 Å². The molecule has 2 heterocycles. The Kier molecular flexibility index (Phi) is 8.81. The van der Waals surface area contributed by atoms with E-state index in [1.807, 2.05) is 29.2 Å². The van der Waals surface area contributed by atoms with Gasteiger partial charge in [-0.3, -0.25) is 9.69 Å². The van der Waals surface area contributed by atoms with Crippen LogP contribution in [0.5, 0.6) is 5.75 Å². The molecule has 0 spiro atoms. The minimum atomic E-state index is -3.43. The number of aryl methyl sites for hydroxylation is 1. The number of benzene rings is 2. The van der Waals surface area contributed by atoms with Crippen LogP contribution in [0.4, 0.5) is 0 Å². The number of amides is 1. The van der Waals surface area contributed by atoms with Crippen LogP contribution in [0.1, 0.15) is 43.2 Å². The van der Waals surface area contributed by atoms with Crippen molar-refractivity contribution in [3.05, 3.63) is 59.7 Å². The largest absolute Gasteiger partial charge is 0.497 e. The zero-order chi connectivity index (χ0) is 24.7. The lowest BCUT2D eigenvalue weighted by atomic mass is 10.1. The van der Waals surface area contributed by atoms with Crippen LogP contribution in [0.15, 0.2) is 53.4 Å². The molecule has 0 saturated carbocycles. The minimum Gasteiger partial charge on any atom is -0.497 e. The van der Waals surface area contributed by atoms with E-state index in [0.717, 1.165) is 69.7 Å². The number of rotatable bonds is 8. The lowest BCUT2D eigenvalue weighted by molar-refractivity contribution is -0.133. The molecule has 0 bridgehead atoms. The molecule has 0 N–H and O–H groups in total. The monoisotopic (exact) mass is 499 g/mol. The third-order valence-electron chi connectivity index (χ3n) is 7.04. The van der Waals surface area contributed by atoms with Gasteiger partial charge in [0.1, 0.15) is 5.75 Å². The summed E-state index contributed by atoms with van der Waals surface area (Å²) >= 11 is 0. The fourth-order valence-corrected chi connectivity index (χ4v) is 6.33. The van der Waals surface area contributed by atoms with Gasteiger partial charge in [0.05, 0.1) is 12.0 Å². The predicted molar refractivity (Wildman–Crippen MR) is 137 cm³/mol. The maximum absolute atomic E-state index is 13.0. The average Bonchev–Trinajstić information content (AvgIpc) is 3.19. The van der Waals surface area contributed by atoms with Gasteiger partial charge < -0.3 is 9.64 Å². The smallest absolute Gasteiger partial charge is 0.243 e. The zero-order valence-corrected chi connectivity index (χ0v) is 21.5. The highest BCUT2D eigenvalue weighted by Gasteiger charge is 2.25. The average molecular weight is 500 g/mol. The van der Waals surface area contributed by atoms with Crippen LogP contribution in [0.25, 0.3) is 0 Å². The molecule has 2 aromatic carbocycles. The summed E-state index contributed by atoms with van der Waals surface area (Å²) in [5.41, 5.74) is 2.23. The van der Waals surface area contributed by atoms with Gasteiger partial charge in [-0.2, -0.15) is 4.31 Å². The van der Waals surface area contributed by atoms with Crippen molar-refractivity contribution >= 4 is 15.9 Å². The fraction of sp³-hybridized carbons (Fsp3) is 0.519. The molecule has 0 atom stereocenters. The van der Waals surface area contributed by atoms with Crippen molar-refractivity contribution in [3.63, 3.8) is 0 Å². The second-order valence-electron chi connectivity index (χ2n) is 9.47. The third kappa shape index (κ3) is 6.84. The van der Waals surface area contributed by atoms with Crippen molar-refractivity contribution in [2.75, 3.05) is 46.4 Å². The van der Waals surface area contributed by atoms with Gasteiger partial charge in [0.15, 0.2) is 0 Å². The van der Waals surface area contributed by atoms with Crippen LogP contribution in [0, 0.1) is 0 Å². The van der Waals surface area contributed by atoms with Crippen LogP contribution in [-0.2, 0) is 27.8 Å². The molecule has 0 unspecified atom stereocenters. The summed E-state index contributed by atoms with van der Waals surface area (Å²) in [6, 6.07) is 15.2. The van der Waals surface area contributed by atoms with E-state index in [0.29, 0.717) is 30.8 Å². The van der Waals surface area contributed by atoms with Crippen molar-refractivity contribution in [2.45, 2.75) is 50.0 Å². The Labute approximate surface area is 209 Å². The summed E-state index contributed by atoms with van der Waals surface area (Å²) in [4.78, 5) is 17.4. The number of carbonyl (C=O) groups excluding carboxylic acids is 1. The van der Waals surface area contributed by atoms with E-state index < -0.39 is 10.0 Å². The number of piperazine rings is 1. The number of carbonyl (C=O) groups is 1. The van der Waals surface area contributed by atoms with Crippen molar-refractivity contribution in [3.8, 4) is 5.75 Å². The van der Waals surface area contributed by atoms with Gasteiger partial charge in [0.2, 0.25) is 15.9 Å². The minimum absolute atomic E-state index is 0.162. The van der Waals surface area contributed by atoms with Crippen LogP contribution in [-0.4, -0.2) is 74.8 Å². The molecule has 0 aliphatic carbocycles. The van der Waals surface area contributed by atoms with Crippen molar-refractivity contribution < 1.29 is 17.9 Å². The highest BCUT2D eigenvalue weighted by Crippen LogP contribution is 2.21. The Morgan fingerprint density at radius 3 is 2.00 bits per heavy atom. The van der Waals surface area contributed by atoms with E-state index in [1.54, 1.807) is 23.5 Å². The first kappa shape index (κ1) is 25.7. The molecule has 1 amide bonds. The summed E-state index contributed by atoms with van der Waals surface area (Å²) in [7, 11) is -1.77. The highest BCUT2D eigenvalue weighted by atomic mass is 32.2. The molecule has 2 saturated heterocycles. The zero-order valence-electron chi connectivity index (χ0n) is 20.7. The maximum Gasteiger partial charge on any atom is 0.243 e. The van der Waals surface area contributed by atoms with E-state index in [4.69, 9.17) is 4.74 Å². The lowest BCUT2D eigenvalue weighted by Gasteiger charge is -2.35. The van der Waals surface area contributed by atoms with Crippen LogP contribution >= 0.6 is 0 Å². The molecule has 0 aromatic heterocycles. The molecule has 2 fully saturated rings. The second-order valence-corrected chi connectivity index (χ2v) is 11.4. The van der Waals surface area contributed by atoms with Crippen LogP contribution in [0.3, 0.4) is 0 Å². The molecule has 8 heteroatoms. The molecule has 2 aromatic rings. The summed E-state index contributed by atoms with van der Waals surface area (Å²) in [5, 5.41) is 0. The molecule has 2 aliphatic heterocycles. The third-order valence-corrected chi connectivity index (χ3v) is 8.96. The summed E-state index contributed by atoms with van der Waals surface area (Å²) in [6.45, 7) is 5.28. The van der Waals surface area contributed by atoms with E-state index in [1.165, 1.54) is 5.56 Å². The van der Waals surface area contributed by atoms with Gasteiger partial charge in [-0.1, -0.05) is 37.1 Å². The Morgan fingerprint density at radius 2 is 1.40 bits per heavy atom. The lowest BCUT2D eigenvalue weighted by Crippen LogP contribution is -2.48. The van der Waals surface area contributed by atoms with Gasteiger partial charge in [-0.25, -0.2) is 8.42 Å². The Bertz CT molecular complexity index is 1050. The van der Waals surface area contributed by atoms with Crippen molar-refractivity contribution in [2.24, 2.45) is 0 Å². The van der Waals surface area contributed by atoms with Crippen molar-refractivity contribution in [1.29, 1.82) is 0 Å². The highest BCUT2D eigenvalue weighted by molar-refractivity contribution is 7.89. The second kappa shape index (κ2) is 12.0. The van der Waals surface area contributed by atoms with E-state index >= 15 is 0 Å². The van der Waals surface area contributed by atoms with E-state index in [-0.39, 0.29) is 5.91 Å². The first-order chi connectivity index (χ1) is 17.0. The number of ether oxygens (including phenoxy) is 1. The molecule has 4 rings (SSSR count). The van der Waals surface area contributed by atoms with Gasteiger partial charge in [-0.05, 0) is 54.7 Å². The first-order valence-electron chi connectivity index (χ1n) is 12.7. The van der Waals surface area contributed by atoms with Gasteiger partial charge in [0.25, 0.3) is 0 Å². The quantitative estimate of drug-likeness (QED) is 0.556. The summed E-state index contributed by atoms with van der Waals surface area (Å²) < 4.78 is 32.7. The Morgan fingerprint density at radius 1 is 0.800 bits per heavy atom. The number of sulfonamides is 1. The molecule has 190 valence electrons. The Hall–Kier alpha value is -2.42. The van der Waals surface area contributed by atoms with Gasteiger partial charge in [-0.15, -0.1) is 0 Å². The number of hydrogen-bond donors (Lipinski definition) is 0. The first-order valence-corrected chi connectivity index (χ1v) is 14.1. The predicted octanol–water partition coefficient (Wildman–Crippen LogP) is 3.54. The maximum atomic E-state index is 13.0. The van der Waals surface area contributed by atoms with Gasteiger partial charge >= 0.3 is 0 Å². The fourth-order valence-electron chi connectivity index (χ4n) is 4.81. The molecule has 7 nitrogen and oxygen atoms in total. The number of nitrogens with zero attached hydrogens (tertiary/aromatic N) is 3. The van der Waals surface area contributed by atoms with Gasteiger partial charge in [0, 0.05) is 52.2 Å². The molecule has 0 radical (unpaired) electrons. The molecule has 2 aliphatic rings. The van der Waals surface area contributed by atoms with Crippen LogP contribution < -0.4 is 4.74 Å². The van der Waals surface area contributed by atoms with Crippen molar-refractivity contribution in [1.82, 2.24) is 14.1 Å². The number of methoxy groups -OCH3 is 1. The molecular formula is C27H37N3O4S. The topological polar surface area (TPSA) is 70.2 Å². The standard InChI is InChI=1S/C27H37N3O4S/c1-34-25-11-6-24(7-12-25)22-28-18-20-29(21-19-28)27(31)15-10-23-8-13-26(14-9-23)35(32,33)30-16-4-2-3-5-17-30/h6-9,11-14H,2-5,10,15-22H2,1H3. The SMILES string of the molecule is COc1ccc(CN2CCN(C(=O)CCc3ccc(S(=O)(=O)N4CCCCCC4)cc3)CC2)cc1. The molecule has 35 heavy (non-hydrogen) atoms. The molecular weight excluding hydrogens is 462 g/mol.